The number of primary sulfonamides is 1. The summed E-state index contributed by atoms with van der Waals surface area (Å²) in [4.78, 5) is 12.5. The van der Waals surface area contributed by atoms with E-state index >= 15 is 0 Å². The molecule has 0 aromatic heterocycles. The molecular formula is C21H21N3O5S2. The summed E-state index contributed by atoms with van der Waals surface area (Å²) in [5.41, 5.74) is 1.57. The van der Waals surface area contributed by atoms with Crippen molar-refractivity contribution in [2.24, 2.45) is 5.14 Å². The maximum atomic E-state index is 12.3. The molecule has 0 spiro atoms. The van der Waals surface area contributed by atoms with Crippen LogP contribution in [0, 0.1) is 0 Å². The highest BCUT2D eigenvalue weighted by Crippen LogP contribution is 2.16. The van der Waals surface area contributed by atoms with Crippen LogP contribution in [-0.2, 0) is 26.5 Å². The van der Waals surface area contributed by atoms with Crippen molar-refractivity contribution < 1.29 is 21.6 Å². The molecule has 0 atom stereocenters. The molecule has 31 heavy (non-hydrogen) atoms. The molecule has 8 nitrogen and oxygen atoms in total. The normalized spacial score (nSPS) is 11.6. The monoisotopic (exact) mass is 459 g/mol. The van der Waals surface area contributed by atoms with Crippen LogP contribution in [-0.4, -0.2) is 29.3 Å². The Balaban J connectivity index is 1.54. The van der Waals surface area contributed by atoms with Gasteiger partial charge < -0.3 is 5.32 Å². The van der Waals surface area contributed by atoms with E-state index in [-0.39, 0.29) is 15.7 Å². The summed E-state index contributed by atoms with van der Waals surface area (Å²) < 4.78 is 49.7. The van der Waals surface area contributed by atoms with E-state index in [9.17, 15) is 21.6 Å². The summed E-state index contributed by atoms with van der Waals surface area (Å²) in [5.74, 6) is -0.307. The first-order valence-electron chi connectivity index (χ1n) is 9.23. The molecule has 3 aromatic rings. The van der Waals surface area contributed by atoms with Gasteiger partial charge in [-0.15, -0.1) is 0 Å². The minimum atomic E-state index is -3.73. The molecule has 0 saturated heterocycles. The largest absolute Gasteiger partial charge is 0.352 e. The van der Waals surface area contributed by atoms with E-state index in [0.29, 0.717) is 24.2 Å². The number of rotatable bonds is 8. The Bertz CT molecular complexity index is 1260. The lowest BCUT2D eigenvalue weighted by Crippen LogP contribution is -2.25. The number of nitrogens with one attached hydrogen (secondary N) is 2. The highest BCUT2D eigenvalue weighted by molar-refractivity contribution is 7.92. The molecular weight excluding hydrogens is 438 g/mol. The van der Waals surface area contributed by atoms with Crippen molar-refractivity contribution in [2.45, 2.75) is 16.2 Å². The minimum Gasteiger partial charge on any atom is -0.352 e. The molecule has 0 aliphatic rings. The molecule has 1 amide bonds. The van der Waals surface area contributed by atoms with Gasteiger partial charge in [-0.25, -0.2) is 22.0 Å². The Labute approximate surface area is 181 Å². The summed E-state index contributed by atoms with van der Waals surface area (Å²) in [6, 6.07) is 20.2. The van der Waals surface area contributed by atoms with Gasteiger partial charge in [-0.2, -0.15) is 0 Å². The molecule has 4 N–H and O–H groups in total. The summed E-state index contributed by atoms with van der Waals surface area (Å²) in [7, 11) is -7.43. The Morgan fingerprint density at radius 2 is 1.39 bits per heavy atom. The van der Waals surface area contributed by atoms with Gasteiger partial charge in [-0.05, 0) is 60.5 Å². The molecule has 0 bridgehead atoms. The van der Waals surface area contributed by atoms with Crippen molar-refractivity contribution >= 4 is 31.6 Å². The van der Waals surface area contributed by atoms with E-state index in [4.69, 9.17) is 5.14 Å². The topological polar surface area (TPSA) is 135 Å². The Morgan fingerprint density at radius 3 is 1.97 bits per heavy atom. The van der Waals surface area contributed by atoms with E-state index in [1.807, 2.05) is 0 Å². The number of hydrogen-bond donors (Lipinski definition) is 3. The maximum absolute atomic E-state index is 12.3. The van der Waals surface area contributed by atoms with Crippen molar-refractivity contribution in [3.05, 3.63) is 90.0 Å². The predicted molar refractivity (Wildman–Crippen MR) is 118 cm³/mol. The number of amides is 1. The molecule has 3 rings (SSSR count). The van der Waals surface area contributed by atoms with Crippen molar-refractivity contribution in [3.8, 4) is 0 Å². The number of benzene rings is 3. The van der Waals surface area contributed by atoms with Gasteiger partial charge in [-0.1, -0.05) is 30.3 Å². The molecule has 0 unspecified atom stereocenters. The first-order valence-corrected chi connectivity index (χ1v) is 12.3. The van der Waals surface area contributed by atoms with E-state index in [0.717, 1.165) is 5.56 Å². The zero-order valence-corrected chi connectivity index (χ0v) is 18.0. The van der Waals surface area contributed by atoms with Crippen LogP contribution in [0.3, 0.4) is 0 Å². The average Bonchev–Trinajstić information content (AvgIpc) is 2.74. The molecule has 162 valence electrons. The van der Waals surface area contributed by atoms with Crippen molar-refractivity contribution in [2.75, 3.05) is 11.3 Å². The Hall–Kier alpha value is -3.21. The fraction of sp³-hybridized carbons (Fsp3) is 0.0952. The fourth-order valence-electron chi connectivity index (χ4n) is 2.77. The molecule has 0 saturated carbocycles. The lowest BCUT2D eigenvalue weighted by Gasteiger charge is -2.09. The highest BCUT2D eigenvalue weighted by Gasteiger charge is 2.14. The second kappa shape index (κ2) is 9.29. The molecule has 0 aliphatic heterocycles. The summed E-state index contributed by atoms with van der Waals surface area (Å²) in [6.45, 7) is 0.343. The quantitative estimate of drug-likeness (QED) is 0.474. The van der Waals surface area contributed by atoms with Gasteiger partial charge in [0.25, 0.3) is 15.9 Å². The Morgan fingerprint density at radius 1 is 0.774 bits per heavy atom. The molecule has 0 heterocycles. The minimum absolute atomic E-state index is 0.0308. The first kappa shape index (κ1) is 22.5. The van der Waals surface area contributed by atoms with Gasteiger partial charge in [0.2, 0.25) is 10.0 Å². The fourth-order valence-corrected chi connectivity index (χ4v) is 4.37. The number of sulfonamides is 2. The van der Waals surface area contributed by atoms with E-state index in [1.54, 1.807) is 30.3 Å². The summed E-state index contributed by atoms with van der Waals surface area (Å²) in [5, 5.41) is 7.83. The van der Waals surface area contributed by atoms with Crippen LogP contribution in [0.25, 0.3) is 0 Å². The number of hydrogen-bond acceptors (Lipinski definition) is 5. The Kier molecular flexibility index (Phi) is 6.74. The first-order chi connectivity index (χ1) is 14.6. The van der Waals surface area contributed by atoms with Crippen LogP contribution in [0.1, 0.15) is 15.9 Å². The second-order valence-electron chi connectivity index (χ2n) is 6.69. The number of carbonyl (C=O) groups is 1. The van der Waals surface area contributed by atoms with Crippen LogP contribution in [0.2, 0.25) is 0 Å². The second-order valence-corrected chi connectivity index (χ2v) is 9.93. The van der Waals surface area contributed by atoms with Crippen molar-refractivity contribution in [3.63, 3.8) is 0 Å². The van der Waals surface area contributed by atoms with Gasteiger partial charge in [0.1, 0.15) is 0 Å². The van der Waals surface area contributed by atoms with Gasteiger partial charge >= 0.3 is 0 Å². The van der Waals surface area contributed by atoms with Crippen LogP contribution < -0.4 is 15.2 Å². The molecule has 10 heteroatoms. The van der Waals surface area contributed by atoms with Crippen LogP contribution >= 0.6 is 0 Å². The smallest absolute Gasteiger partial charge is 0.261 e. The van der Waals surface area contributed by atoms with Crippen LogP contribution in [0.5, 0.6) is 0 Å². The third kappa shape index (κ3) is 6.14. The van der Waals surface area contributed by atoms with E-state index in [2.05, 4.69) is 10.0 Å². The average molecular weight is 460 g/mol. The third-order valence-corrected chi connectivity index (χ3v) is 6.73. The number of anilines is 1. The van der Waals surface area contributed by atoms with Crippen LogP contribution in [0.15, 0.2) is 88.7 Å². The zero-order chi connectivity index (χ0) is 22.5. The number of nitrogens with two attached hydrogens (primary N) is 1. The summed E-state index contributed by atoms with van der Waals surface area (Å²) >= 11 is 0. The lowest BCUT2D eigenvalue weighted by molar-refractivity contribution is 0.0954. The SMILES string of the molecule is NS(=O)(=O)c1ccc(CCNC(=O)c2ccc(NS(=O)(=O)c3ccccc3)cc2)cc1. The summed E-state index contributed by atoms with van der Waals surface area (Å²) in [6.07, 6.45) is 0.506. The standard InChI is InChI=1S/C21H21N3O5S2/c22-30(26,27)19-12-6-16(7-13-19)14-15-23-21(25)17-8-10-18(11-9-17)24-31(28,29)20-4-2-1-3-5-20/h1-13,24H,14-15H2,(H,23,25)(H2,22,26,27). The number of carbonyl (C=O) groups excluding carboxylic acids is 1. The van der Waals surface area contributed by atoms with Gasteiger partial charge in [0, 0.05) is 17.8 Å². The lowest BCUT2D eigenvalue weighted by atomic mass is 10.1. The molecule has 0 radical (unpaired) electrons. The highest BCUT2D eigenvalue weighted by atomic mass is 32.2. The zero-order valence-electron chi connectivity index (χ0n) is 16.4. The molecule has 0 aliphatic carbocycles. The van der Waals surface area contributed by atoms with Crippen molar-refractivity contribution in [1.82, 2.24) is 5.32 Å². The van der Waals surface area contributed by atoms with Crippen molar-refractivity contribution in [1.29, 1.82) is 0 Å². The van der Waals surface area contributed by atoms with Gasteiger partial charge in [0.05, 0.1) is 9.79 Å². The third-order valence-electron chi connectivity index (χ3n) is 4.40. The van der Waals surface area contributed by atoms with E-state index < -0.39 is 20.0 Å². The maximum Gasteiger partial charge on any atom is 0.261 e. The van der Waals surface area contributed by atoms with Gasteiger partial charge in [-0.3, -0.25) is 9.52 Å². The predicted octanol–water partition coefficient (Wildman–Crippen LogP) is 2.11. The molecule has 3 aromatic carbocycles. The van der Waals surface area contributed by atoms with Crippen LogP contribution in [0.4, 0.5) is 5.69 Å². The molecule has 0 fully saturated rings. The van der Waals surface area contributed by atoms with Gasteiger partial charge in [0.15, 0.2) is 0 Å². The van der Waals surface area contributed by atoms with E-state index in [1.165, 1.54) is 48.5 Å².